The zero-order valence-corrected chi connectivity index (χ0v) is 19.7. The summed E-state index contributed by atoms with van der Waals surface area (Å²) in [5.74, 6) is 0.875. The number of ether oxygens (including phenoxy) is 1. The van der Waals surface area contributed by atoms with Gasteiger partial charge in [-0.25, -0.2) is 0 Å². The van der Waals surface area contributed by atoms with Gasteiger partial charge in [0.15, 0.2) is 11.5 Å². The summed E-state index contributed by atoms with van der Waals surface area (Å²) in [6, 6.07) is 3.33. The maximum absolute atomic E-state index is 12.3. The van der Waals surface area contributed by atoms with Crippen LogP contribution in [0.1, 0.15) is 43.2 Å². The minimum Gasteiger partial charge on any atom is -1.00 e. The monoisotopic (exact) mass is 517 g/mol. The zero-order valence-electron chi connectivity index (χ0n) is 17.3. The normalized spacial score (nSPS) is 42.3. The van der Waals surface area contributed by atoms with E-state index in [1.807, 2.05) is 6.07 Å². The summed E-state index contributed by atoms with van der Waals surface area (Å²) >= 11 is 0. The van der Waals surface area contributed by atoms with E-state index in [4.69, 9.17) is 8.92 Å². The Morgan fingerprint density at radius 2 is 2.00 bits per heavy atom. The van der Waals surface area contributed by atoms with Gasteiger partial charge < -0.3 is 40.6 Å². The molecule has 10 heteroatoms. The van der Waals surface area contributed by atoms with E-state index in [1.165, 1.54) is 18.9 Å². The molecule has 5 aliphatic rings. The van der Waals surface area contributed by atoms with Gasteiger partial charge in [0, 0.05) is 24.3 Å². The van der Waals surface area contributed by atoms with Gasteiger partial charge in [-0.15, -0.1) is 0 Å². The molecule has 1 unspecified atom stereocenters. The standard InChI is InChI=1S/C21H27NO7S.BrH/c1-22(11-12-2-3-12)9-8-20-17-13-4-5-15(29-30(25,26)27)18(17)28-19(20)14(23)6-7-21(20,24)16(22)10-13;/h4-5,12,14,16,19,23-24H,2-3,6-11H2,1H3;1H/t14-,16+,19-,20-,21+,22?;/m0./s1. The highest BCUT2D eigenvalue weighted by Crippen LogP contribution is 2.66. The van der Waals surface area contributed by atoms with Crippen molar-refractivity contribution in [1.29, 1.82) is 0 Å². The fourth-order valence-corrected chi connectivity index (χ4v) is 7.66. The van der Waals surface area contributed by atoms with Crippen LogP contribution >= 0.6 is 0 Å². The molecule has 1 saturated heterocycles. The summed E-state index contributed by atoms with van der Waals surface area (Å²) in [6.45, 7) is 1.93. The van der Waals surface area contributed by atoms with Crippen molar-refractivity contribution in [3.05, 3.63) is 23.3 Å². The number of likely N-dealkylation sites (N-methyl/N-ethyl adjacent to an activating group) is 1. The second kappa shape index (κ2) is 6.57. The van der Waals surface area contributed by atoms with Crippen LogP contribution < -0.4 is 25.9 Å². The Morgan fingerprint density at radius 1 is 1.26 bits per heavy atom. The largest absolute Gasteiger partial charge is 1.00 e. The molecular weight excluding hydrogens is 490 g/mol. The molecular formula is C21H28BrNO7S. The summed E-state index contributed by atoms with van der Waals surface area (Å²) in [5.41, 5.74) is -0.0612. The van der Waals surface area contributed by atoms with E-state index >= 15 is 0 Å². The second-order valence-electron chi connectivity index (χ2n) is 10.3. The molecule has 1 aromatic carbocycles. The average molecular weight is 518 g/mol. The van der Waals surface area contributed by atoms with Crippen molar-refractivity contribution in [3.63, 3.8) is 0 Å². The Hall–Kier alpha value is -0.910. The molecule has 1 spiro atoms. The highest BCUT2D eigenvalue weighted by molar-refractivity contribution is 7.81. The number of quaternary nitrogens is 1. The first-order valence-corrected chi connectivity index (χ1v) is 12.2. The molecule has 2 aliphatic heterocycles. The van der Waals surface area contributed by atoms with Gasteiger partial charge in [0.1, 0.15) is 17.7 Å². The van der Waals surface area contributed by atoms with E-state index in [1.54, 1.807) is 0 Å². The lowest BCUT2D eigenvalue weighted by molar-refractivity contribution is -0.950. The number of aliphatic hydroxyl groups is 2. The van der Waals surface area contributed by atoms with Crippen molar-refractivity contribution in [3.8, 4) is 11.5 Å². The fourth-order valence-electron chi connectivity index (χ4n) is 7.30. The number of benzene rings is 1. The first-order valence-electron chi connectivity index (χ1n) is 10.8. The number of hydrogen-bond donors (Lipinski definition) is 3. The quantitative estimate of drug-likeness (QED) is 0.311. The molecule has 8 nitrogen and oxygen atoms in total. The molecule has 0 radical (unpaired) electrons. The van der Waals surface area contributed by atoms with Gasteiger partial charge in [0.25, 0.3) is 0 Å². The minimum atomic E-state index is -4.73. The Balaban J connectivity index is 0.00000204. The van der Waals surface area contributed by atoms with Crippen LogP contribution in [-0.2, 0) is 22.2 Å². The lowest BCUT2D eigenvalue weighted by Gasteiger charge is -2.65. The Labute approximate surface area is 192 Å². The lowest BCUT2D eigenvalue weighted by atomic mass is 9.48. The first-order chi connectivity index (χ1) is 14.1. The number of nitrogens with zero attached hydrogens (tertiary/aromatic N) is 1. The predicted octanol–water partition coefficient (Wildman–Crippen LogP) is -2.06. The van der Waals surface area contributed by atoms with Gasteiger partial charge in [0.2, 0.25) is 0 Å². The van der Waals surface area contributed by atoms with Crippen LogP contribution in [-0.4, -0.2) is 71.7 Å². The number of rotatable bonds is 4. The maximum atomic E-state index is 12.3. The van der Waals surface area contributed by atoms with Gasteiger partial charge >= 0.3 is 10.4 Å². The van der Waals surface area contributed by atoms with E-state index in [0.717, 1.165) is 34.6 Å². The van der Waals surface area contributed by atoms with E-state index in [2.05, 4.69) is 7.05 Å². The second-order valence-corrected chi connectivity index (χ2v) is 11.3. The first kappa shape index (κ1) is 21.9. The number of halogens is 1. The summed E-state index contributed by atoms with van der Waals surface area (Å²) in [5, 5.41) is 23.2. The van der Waals surface area contributed by atoms with Gasteiger partial charge in [-0.1, -0.05) is 6.07 Å². The third-order valence-corrected chi connectivity index (χ3v) is 9.02. The predicted molar refractivity (Wildman–Crippen MR) is 106 cm³/mol. The van der Waals surface area contributed by atoms with E-state index in [-0.39, 0.29) is 34.5 Å². The molecule has 172 valence electrons. The third-order valence-electron chi connectivity index (χ3n) is 8.63. The molecule has 3 fully saturated rings. The molecule has 6 atom stereocenters. The smallest absolute Gasteiger partial charge is 0.446 e. The highest BCUT2D eigenvalue weighted by atomic mass is 79.9. The van der Waals surface area contributed by atoms with Crippen molar-refractivity contribution >= 4 is 10.4 Å². The number of likely N-dealkylation sites (tertiary alicyclic amines) is 1. The topological polar surface area (TPSA) is 113 Å². The molecule has 3 N–H and O–H groups in total. The SMILES string of the molecule is C[N+]1(CC2CC2)CC[C@]23c4c5ccc(OS(=O)(=O)O)c4O[C@H]2[C@@H](O)CC[C@@]3(O)[C@H]1C5.[Br-]. The molecule has 3 aliphatic carbocycles. The van der Waals surface area contributed by atoms with Gasteiger partial charge in [-0.2, -0.15) is 8.42 Å². The minimum absolute atomic E-state index is 0. The maximum Gasteiger partial charge on any atom is 0.446 e. The van der Waals surface area contributed by atoms with Crippen LogP contribution in [0, 0.1) is 5.92 Å². The number of hydrogen-bond acceptors (Lipinski definition) is 6. The van der Waals surface area contributed by atoms with Crippen LogP contribution in [0.4, 0.5) is 0 Å². The van der Waals surface area contributed by atoms with Gasteiger partial charge in [0.05, 0.1) is 31.7 Å². The third kappa shape index (κ3) is 2.81. The fraction of sp³-hybridized carbons (Fsp3) is 0.714. The van der Waals surface area contributed by atoms with Gasteiger partial charge in [-0.3, -0.25) is 4.55 Å². The summed E-state index contributed by atoms with van der Waals surface area (Å²) < 4.78 is 43.8. The van der Waals surface area contributed by atoms with Crippen LogP contribution in [0.3, 0.4) is 0 Å². The summed E-state index contributed by atoms with van der Waals surface area (Å²) in [6.07, 6.45) is 3.33. The van der Waals surface area contributed by atoms with Crippen LogP contribution in [0.15, 0.2) is 12.1 Å². The van der Waals surface area contributed by atoms with E-state index < -0.39 is 33.6 Å². The van der Waals surface area contributed by atoms with Crippen molar-refractivity contribution in [2.24, 2.45) is 5.92 Å². The Bertz CT molecular complexity index is 1050. The van der Waals surface area contributed by atoms with Crippen molar-refractivity contribution in [2.75, 3.05) is 20.1 Å². The lowest BCUT2D eigenvalue weighted by Crippen LogP contribution is -3.00. The van der Waals surface area contributed by atoms with Crippen molar-refractivity contribution < 1.29 is 53.6 Å². The summed E-state index contributed by atoms with van der Waals surface area (Å²) in [4.78, 5) is 0. The number of aliphatic hydroxyl groups excluding tert-OH is 1. The number of piperidine rings is 1. The molecule has 6 rings (SSSR count). The molecule has 2 bridgehead atoms. The van der Waals surface area contributed by atoms with E-state index in [0.29, 0.717) is 25.7 Å². The average Bonchev–Trinajstić information content (AvgIpc) is 3.38. The molecule has 1 aromatic rings. The molecule has 0 amide bonds. The summed E-state index contributed by atoms with van der Waals surface area (Å²) in [7, 11) is -2.47. The van der Waals surface area contributed by atoms with Crippen LogP contribution in [0.25, 0.3) is 0 Å². The zero-order chi connectivity index (χ0) is 21.1. The highest BCUT2D eigenvalue weighted by Gasteiger charge is 2.76. The van der Waals surface area contributed by atoms with Crippen LogP contribution in [0.2, 0.25) is 0 Å². The van der Waals surface area contributed by atoms with Crippen molar-refractivity contribution in [2.45, 2.75) is 67.8 Å². The Kier molecular flexibility index (Phi) is 4.65. The Morgan fingerprint density at radius 3 is 2.68 bits per heavy atom. The van der Waals surface area contributed by atoms with Crippen molar-refractivity contribution in [1.82, 2.24) is 0 Å². The molecule has 2 saturated carbocycles. The molecule has 2 heterocycles. The van der Waals surface area contributed by atoms with Gasteiger partial charge in [-0.05, 0) is 37.3 Å². The van der Waals surface area contributed by atoms with Crippen LogP contribution in [0.5, 0.6) is 11.5 Å². The van der Waals surface area contributed by atoms with E-state index in [9.17, 15) is 23.2 Å². The molecule has 0 aromatic heterocycles. The molecule has 31 heavy (non-hydrogen) atoms.